The van der Waals surface area contributed by atoms with Gasteiger partial charge in [0.2, 0.25) is 0 Å². The molecule has 1 aliphatic rings. The highest BCUT2D eigenvalue weighted by Crippen LogP contribution is 2.42. The Balaban J connectivity index is 2.11. The van der Waals surface area contributed by atoms with Gasteiger partial charge < -0.3 is 4.98 Å². The summed E-state index contributed by atoms with van der Waals surface area (Å²) in [5, 5.41) is 0. The number of halogens is 1. The SMILES string of the molecule is CCC1(c2nc3ncc(Br)cc3[nH]2)CCCC1. The number of hydrogen-bond acceptors (Lipinski definition) is 2. The predicted molar refractivity (Wildman–Crippen MR) is 72.0 cm³/mol. The number of aromatic nitrogens is 3. The second kappa shape index (κ2) is 4.09. The standard InChI is InChI=1S/C13H16BrN3/c1-2-13(5-3-4-6-13)12-16-10-7-9(14)8-15-11(10)17-12/h7-8H,2-6H2,1H3,(H,15,16,17). The molecular weight excluding hydrogens is 278 g/mol. The molecule has 0 unspecified atom stereocenters. The van der Waals surface area contributed by atoms with Gasteiger partial charge in [0.1, 0.15) is 5.82 Å². The number of nitrogens with one attached hydrogen (secondary N) is 1. The van der Waals surface area contributed by atoms with Gasteiger partial charge in [-0.05, 0) is 41.3 Å². The quantitative estimate of drug-likeness (QED) is 0.911. The summed E-state index contributed by atoms with van der Waals surface area (Å²) in [6.07, 6.45) is 8.12. The van der Waals surface area contributed by atoms with Crippen LogP contribution in [0.5, 0.6) is 0 Å². The summed E-state index contributed by atoms with van der Waals surface area (Å²) < 4.78 is 0.997. The smallest absolute Gasteiger partial charge is 0.177 e. The van der Waals surface area contributed by atoms with Crippen LogP contribution in [-0.2, 0) is 5.41 Å². The third-order valence-electron chi connectivity index (χ3n) is 4.04. The lowest BCUT2D eigenvalue weighted by molar-refractivity contribution is 0.403. The minimum Gasteiger partial charge on any atom is -0.340 e. The molecule has 90 valence electrons. The van der Waals surface area contributed by atoms with E-state index in [1.54, 1.807) is 6.20 Å². The summed E-state index contributed by atoms with van der Waals surface area (Å²) >= 11 is 3.45. The van der Waals surface area contributed by atoms with E-state index in [9.17, 15) is 0 Å². The van der Waals surface area contributed by atoms with E-state index in [1.165, 1.54) is 25.7 Å². The number of nitrogens with zero attached hydrogens (tertiary/aromatic N) is 2. The van der Waals surface area contributed by atoms with Crippen LogP contribution in [0, 0.1) is 0 Å². The summed E-state index contributed by atoms with van der Waals surface area (Å²) in [7, 11) is 0. The van der Waals surface area contributed by atoms with E-state index in [1.807, 2.05) is 0 Å². The minimum atomic E-state index is 0.271. The van der Waals surface area contributed by atoms with E-state index >= 15 is 0 Å². The monoisotopic (exact) mass is 293 g/mol. The lowest BCUT2D eigenvalue weighted by Crippen LogP contribution is -2.22. The van der Waals surface area contributed by atoms with Crippen molar-refractivity contribution in [1.82, 2.24) is 15.0 Å². The molecule has 0 atom stereocenters. The molecule has 0 aliphatic heterocycles. The molecule has 3 rings (SSSR count). The number of H-pyrrole nitrogens is 1. The van der Waals surface area contributed by atoms with Gasteiger partial charge >= 0.3 is 0 Å². The summed E-state index contributed by atoms with van der Waals surface area (Å²) in [5.41, 5.74) is 2.14. The molecule has 0 amide bonds. The first kappa shape index (κ1) is 11.2. The molecule has 1 saturated carbocycles. The number of imidazole rings is 1. The van der Waals surface area contributed by atoms with Crippen molar-refractivity contribution < 1.29 is 0 Å². The summed E-state index contributed by atoms with van der Waals surface area (Å²) in [6, 6.07) is 2.05. The fraction of sp³-hybridized carbons (Fsp3) is 0.538. The van der Waals surface area contributed by atoms with Crippen LogP contribution in [0.3, 0.4) is 0 Å². The Kier molecular flexibility index (Phi) is 2.69. The molecule has 2 aromatic rings. The Morgan fingerprint density at radius 1 is 1.41 bits per heavy atom. The third kappa shape index (κ3) is 1.79. The molecule has 0 aromatic carbocycles. The normalized spacial score (nSPS) is 18.9. The van der Waals surface area contributed by atoms with Crippen molar-refractivity contribution in [3.63, 3.8) is 0 Å². The minimum absolute atomic E-state index is 0.271. The van der Waals surface area contributed by atoms with Gasteiger partial charge in [-0.3, -0.25) is 0 Å². The number of hydrogen-bond donors (Lipinski definition) is 1. The van der Waals surface area contributed by atoms with E-state index in [2.05, 4.69) is 38.9 Å². The van der Waals surface area contributed by atoms with Gasteiger partial charge in [0.25, 0.3) is 0 Å². The molecule has 4 heteroatoms. The molecule has 1 fully saturated rings. The lowest BCUT2D eigenvalue weighted by Gasteiger charge is -2.24. The van der Waals surface area contributed by atoms with Gasteiger partial charge in [-0.25, -0.2) is 9.97 Å². The first-order valence-corrected chi connectivity index (χ1v) is 7.04. The van der Waals surface area contributed by atoms with Crippen molar-refractivity contribution in [2.24, 2.45) is 0 Å². The fourth-order valence-electron chi connectivity index (χ4n) is 2.94. The first-order chi connectivity index (χ1) is 8.23. The van der Waals surface area contributed by atoms with Crippen molar-refractivity contribution in [2.75, 3.05) is 0 Å². The highest BCUT2D eigenvalue weighted by Gasteiger charge is 2.36. The van der Waals surface area contributed by atoms with Crippen molar-refractivity contribution in [3.8, 4) is 0 Å². The molecule has 0 bridgehead atoms. The number of fused-ring (bicyclic) bond motifs is 1. The maximum atomic E-state index is 4.69. The van der Waals surface area contributed by atoms with E-state index in [4.69, 9.17) is 4.98 Å². The van der Waals surface area contributed by atoms with Crippen LogP contribution in [0.2, 0.25) is 0 Å². The lowest BCUT2D eigenvalue weighted by atomic mass is 9.83. The van der Waals surface area contributed by atoms with Crippen LogP contribution in [-0.4, -0.2) is 15.0 Å². The van der Waals surface area contributed by atoms with Crippen LogP contribution in [0.4, 0.5) is 0 Å². The zero-order chi connectivity index (χ0) is 11.9. The second-order valence-corrected chi connectivity index (χ2v) is 5.87. The molecule has 17 heavy (non-hydrogen) atoms. The maximum Gasteiger partial charge on any atom is 0.177 e. The van der Waals surface area contributed by atoms with E-state index < -0.39 is 0 Å². The number of pyridine rings is 1. The van der Waals surface area contributed by atoms with Crippen molar-refractivity contribution >= 4 is 27.1 Å². The van der Waals surface area contributed by atoms with E-state index in [0.717, 1.165) is 27.9 Å². The molecule has 1 N–H and O–H groups in total. The van der Waals surface area contributed by atoms with Gasteiger partial charge in [-0.2, -0.15) is 0 Å². The van der Waals surface area contributed by atoms with Gasteiger partial charge in [0, 0.05) is 16.1 Å². The van der Waals surface area contributed by atoms with Gasteiger partial charge in [0.05, 0.1) is 5.52 Å². The van der Waals surface area contributed by atoms with Crippen LogP contribution in [0.25, 0.3) is 11.2 Å². The fourth-order valence-corrected chi connectivity index (χ4v) is 3.27. The van der Waals surface area contributed by atoms with Crippen LogP contribution < -0.4 is 0 Å². The molecular formula is C13H16BrN3. The Morgan fingerprint density at radius 2 is 2.18 bits per heavy atom. The highest BCUT2D eigenvalue weighted by molar-refractivity contribution is 9.10. The van der Waals surface area contributed by atoms with Crippen molar-refractivity contribution in [1.29, 1.82) is 0 Å². The van der Waals surface area contributed by atoms with Crippen molar-refractivity contribution in [3.05, 3.63) is 22.6 Å². The zero-order valence-corrected chi connectivity index (χ0v) is 11.5. The summed E-state index contributed by atoms with van der Waals surface area (Å²) in [6.45, 7) is 2.27. The average Bonchev–Trinajstić information content (AvgIpc) is 2.94. The van der Waals surface area contributed by atoms with Crippen LogP contribution >= 0.6 is 15.9 Å². The Labute approximate surface area is 109 Å². The predicted octanol–water partition coefficient (Wildman–Crippen LogP) is 3.94. The highest BCUT2D eigenvalue weighted by atomic mass is 79.9. The molecule has 0 spiro atoms. The first-order valence-electron chi connectivity index (χ1n) is 6.25. The molecule has 0 radical (unpaired) electrons. The average molecular weight is 294 g/mol. The van der Waals surface area contributed by atoms with E-state index in [0.29, 0.717) is 0 Å². The second-order valence-electron chi connectivity index (χ2n) is 4.95. The zero-order valence-electron chi connectivity index (χ0n) is 9.96. The van der Waals surface area contributed by atoms with Gasteiger partial charge in [-0.15, -0.1) is 0 Å². The van der Waals surface area contributed by atoms with Crippen molar-refractivity contribution in [2.45, 2.75) is 44.4 Å². The number of rotatable bonds is 2. The van der Waals surface area contributed by atoms with Gasteiger partial charge in [0.15, 0.2) is 5.65 Å². The Hall–Kier alpha value is -0.900. The van der Waals surface area contributed by atoms with E-state index in [-0.39, 0.29) is 5.41 Å². The van der Waals surface area contributed by atoms with Gasteiger partial charge in [-0.1, -0.05) is 19.8 Å². The topological polar surface area (TPSA) is 41.6 Å². The molecule has 3 nitrogen and oxygen atoms in total. The molecule has 1 aliphatic carbocycles. The molecule has 2 heterocycles. The Morgan fingerprint density at radius 3 is 2.88 bits per heavy atom. The maximum absolute atomic E-state index is 4.69. The van der Waals surface area contributed by atoms with Crippen LogP contribution in [0.1, 0.15) is 44.9 Å². The summed E-state index contributed by atoms with van der Waals surface area (Å²) in [4.78, 5) is 12.5. The molecule has 2 aromatic heterocycles. The Bertz CT molecular complexity index is 541. The summed E-state index contributed by atoms with van der Waals surface area (Å²) in [5.74, 6) is 1.14. The molecule has 0 saturated heterocycles. The largest absolute Gasteiger partial charge is 0.340 e. The van der Waals surface area contributed by atoms with Crippen LogP contribution in [0.15, 0.2) is 16.7 Å². The number of aromatic amines is 1. The third-order valence-corrected chi connectivity index (χ3v) is 4.48.